The van der Waals surface area contributed by atoms with E-state index in [2.05, 4.69) is 55.4 Å². The van der Waals surface area contributed by atoms with E-state index < -0.39 is 11.9 Å². The Morgan fingerprint density at radius 2 is 1.00 bits per heavy atom. The summed E-state index contributed by atoms with van der Waals surface area (Å²) in [7, 11) is 0. The summed E-state index contributed by atoms with van der Waals surface area (Å²) in [6, 6.07) is 8.03. The Bertz CT molecular complexity index is 510. The zero-order valence-electron chi connectivity index (χ0n) is 16.8. The lowest BCUT2D eigenvalue weighted by Crippen LogP contribution is -2.65. The molecule has 25 heavy (non-hydrogen) atoms. The number of carboxylic acid groups (broad SMARTS) is 2. The molecule has 1 aromatic rings. The van der Waals surface area contributed by atoms with Gasteiger partial charge >= 0.3 is 11.9 Å². The van der Waals surface area contributed by atoms with Crippen molar-refractivity contribution in [2.75, 3.05) is 0 Å². The van der Waals surface area contributed by atoms with Crippen LogP contribution in [0.4, 0.5) is 0 Å². The Morgan fingerprint density at radius 1 is 0.720 bits per heavy atom. The van der Waals surface area contributed by atoms with Crippen molar-refractivity contribution in [3.05, 3.63) is 35.4 Å². The Hall–Kier alpha value is -1.88. The molecule has 142 valence electrons. The van der Waals surface area contributed by atoms with Gasteiger partial charge in [0.15, 0.2) is 0 Å². The van der Waals surface area contributed by atoms with Crippen molar-refractivity contribution in [2.45, 2.75) is 79.6 Å². The van der Waals surface area contributed by atoms with Crippen molar-refractivity contribution in [2.24, 2.45) is 0 Å². The van der Waals surface area contributed by atoms with Crippen LogP contribution in [0.1, 0.15) is 76.1 Å². The molecule has 1 rings (SSSR count). The third kappa shape index (κ3) is 5.56. The highest BCUT2D eigenvalue weighted by Gasteiger charge is 2.40. The molecule has 2 N–H and O–H groups in total. The highest BCUT2D eigenvalue weighted by atomic mass is 16.4. The molecule has 5 nitrogen and oxygen atoms in total. The maximum atomic E-state index is 10.4. The van der Waals surface area contributed by atoms with Crippen molar-refractivity contribution in [3.8, 4) is 0 Å². The van der Waals surface area contributed by atoms with E-state index >= 15 is 0 Å². The van der Waals surface area contributed by atoms with Gasteiger partial charge < -0.3 is 14.7 Å². The van der Waals surface area contributed by atoms with Crippen molar-refractivity contribution in [3.63, 3.8) is 0 Å². The molecule has 0 heterocycles. The van der Waals surface area contributed by atoms with Crippen molar-refractivity contribution in [1.82, 2.24) is 0 Å². The van der Waals surface area contributed by atoms with Crippen LogP contribution >= 0.6 is 0 Å². The number of rotatable bonds is 6. The molecule has 0 spiro atoms. The third-order valence-corrected chi connectivity index (χ3v) is 4.93. The first-order valence-corrected chi connectivity index (χ1v) is 8.83. The van der Waals surface area contributed by atoms with Gasteiger partial charge in [-0.1, -0.05) is 6.07 Å². The number of hydrogen-bond acceptors (Lipinski definition) is 2. The van der Waals surface area contributed by atoms with Gasteiger partial charge in [0.2, 0.25) is 0 Å². The number of benzene rings is 1. The van der Waals surface area contributed by atoms with Gasteiger partial charge in [0, 0.05) is 0 Å². The smallest absolute Gasteiger partial charge is 0.335 e. The summed E-state index contributed by atoms with van der Waals surface area (Å²) in [4.78, 5) is 20.8. The quantitative estimate of drug-likeness (QED) is 0.738. The molecule has 0 aliphatic carbocycles. The van der Waals surface area contributed by atoms with Crippen LogP contribution in [0.5, 0.6) is 0 Å². The molecular weight excluding hydrogens is 318 g/mol. The van der Waals surface area contributed by atoms with Gasteiger partial charge in [0.05, 0.1) is 35.3 Å². The Morgan fingerprint density at radius 3 is 1.16 bits per heavy atom. The Kier molecular flexibility index (Phi) is 8.84. The first-order valence-electron chi connectivity index (χ1n) is 8.83. The molecule has 0 saturated carbocycles. The number of nitrogens with zero attached hydrogens (tertiary/aromatic N) is 1. The molecule has 0 aromatic heterocycles. The normalized spacial score (nSPS) is 11.7. The van der Waals surface area contributed by atoms with E-state index in [1.54, 1.807) is 0 Å². The van der Waals surface area contributed by atoms with Gasteiger partial charge in [-0.05, 0) is 73.6 Å². The SMILES string of the molecule is CC(C)[N+](C(C)C)(C(C)C)C(C)C.O=C(O)c1cccc(C(=O)O)c1. The number of aromatic carboxylic acids is 2. The van der Waals surface area contributed by atoms with Gasteiger partial charge in [-0.25, -0.2) is 9.59 Å². The molecular formula is C20H34NO4+. The number of quaternary nitrogens is 1. The van der Waals surface area contributed by atoms with Gasteiger partial charge in [-0.15, -0.1) is 0 Å². The molecule has 1 aromatic carbocycles. The summed E-state index contributed by atoms with van der Waals surface area (Å²) < 4.78 is 1.22. The zero-order chi connectivity index (χ0) is 19.9. The summed E-state index contributed by atoms with van der Waals surface area (Å²) in [5.74, 6) is -2.25. The minimum atomic E-state index is -1.13. The largest absolute Gasteiger partial charge is 0.478 e. The van der Waals surface area contributed by atoms with Gasteiger partial charge in [-0.2, -0.15) is 0 Å². The molecule has 0 bridgehead atoms. The Balaban J connectivity index is 0.000000462. The van der Waals surface area contributed by atoms with Crippen LogP contribution in [-0.4, -0.2) is 50.8 Å². The van der Waals surface area contributed by atoms with Crippen LogP contribution in [-0.2, 0) is 0 Å². The topological polar surface area (TPSA) is 74.6 Å². The average molecular weight is 352 g/mol. The van der Waals surface area contributed by atoms with E-state index in [4.69, 9.17) is 10.2 Å². The zero-order valence-corrected chi connectivity index (χ0v) is 16.8. The first-order chi connectivity index (χ1) is 11.4. The van der Waals surface area contributed by atoms with E-state index in [9.17, 15) is 9.59 Å². The fourth-order valence-electron chi connectivity index (χ4n) is 4.36. The van der Waals surface area contributed by atoms with Crippen LogP contribution in [0.15, 0.2) is 24.3 Å². The second-order valence-corrected chi connectivity index (χ2v) is 7.46. The van der Waals surface area contributed by atoms with Crippen LogP contribution in [0, 0.1) is 0 Å². The summed E-state index contributed by atoms with van der Waals surface area (Å²) in [5.41, 5.74) is -0.0372. The second-order valence-electron chi connectivity index (χ2n) is 7.46. The van der Waals surface area contributed by atoms with E-state index in [1.807, 2.05) is 0 Å². The van der Waals surface area contributed by atoms with E-state index in [1.165, 1.54) is 22.7 Å². The maximum absolute atomic E-state index is 10.4. The number of hydrogen-bond donors (Lipinski definition) is 2. The monoisotopic (exact) mass is 352 g/mol. The molecule has 0 radical (unpaired) electrons. The summed E-state index contributed by atoms with van der Waals surface area (Å²) in [6.45, 7) is 18.8. The highest BCUT2D eigenvalue weighted by Crippen LogP contribution is 2.28. The predicted octanol–water partition coefficient (Wildman–Crippen LogP) is 4.52. The molecule has 0 unspecified atom stereocenters. The number of carbonyl (C=O) groups is 2. The summed E-state index contributed by atoms with van der Waals surface area (Å²) in [6.07, 6.45) is 0. The van der Waals surface area contributed by atoms with E-state index in [0.717, 1.165) is 6.07 Å². The standard InChI is InChI=1S/C12H28N.C8H6O4/c1-9(2)13(10(3)4,11(5)6)12(7)8;9-7(10)5-2-1-3-6(4-5)8(11)12/h9-12H,1-8H3;1-4H,(H,9,10)(H,11,12)/q+1;. The second kappa shape index (κ2) is 9.56. The van der Waals surface area contributed by atoms with Crippen LogP contribution in [0.3, 0.4) is 0 Å². The van der Waals surface area contributed by atoms with Crippen LogP contribution in [0.25, 0.3) is 0 Å². The molecule has 0 saturated heterocycles. The molecule has 0 atom stereocenters. The Labute approximate surface area is 151 Å². The molecule has 5 heteroatoms. The number of carboxylic acids is 2. The van der Waals surface area contributed by atoms with Crippen molar-refractivity contribution >= 4 is 11.9 Å². The lowest BCUT2D eigenvalue weighted by Gasteiger charge is -2.52. The minimum Gasteiger partial charge on any atom is -0.478 e. The average Bonchev–Trinajstić information content (AvgIpc) is 2.46. The van der Waals surface area contributed by atoms with Crippen molar-refractivity contribution in [1.29, 1.82) is 0 Å². The fraction of sp³-hybridized carbons (Fsp3) is 0.600. The van der Waals surface area contributed by atoms with E-state index in [-0.39, 0.29) is 11.1 Å². The molecule has 0 aliphatic heterocycles. The maximum Gasteiger partial charge on any atom is 0.335 e. The molecule has 0 aliphatic rings. The van der Waals surface area contributed by atoms with Crippen LogP contribution < -0.4 is 0 Å². The molecule has 0 amide bonds. The van der Waals surface area contributed by atoms with Gasteiger partial charge in [-0.3, -0.25) is 0 Å². The van der Waals surface area contributed by atoms with E-state index in [0.29, 0.717) is 24.2 Å². The van der Waals surface area contributed by atoms with Crippen molar-refractivity contribution < 1.29 is 24.3 Å². The third-order valence-electron chi connectivity index (χ3n) is 4.93. The highest BCUT2D eigenvalue weighted by molar-refractivity contribution is 5.93. The molecule has 0 fully saturated rings. The minimum absolute atomic E-state index is 0.0186. The lowest BCUT2D eigenvalue weighted by atomic mass is 10.0. The summed E-state index contributed by atoms with van der Waals surface area (Å²) in [5, 5.41) is 17.0. The first kappa shape index (κ1) is 23.1. The van der Waals surface area contributed by atoms with Crippen LogP contribution in [0.2, 0.25) is 0 Å². The fourth-order valence-corrected chi connectivity index (χ4v) is 4.36. The predicted molar refractivity (Wildman–Crippen MR) is 101 cm³/mol. The summed E-state index contributed by atoms with van der Waals surface area (Å²) >= 11 is 0. The van der Waals surface area contributed by atoms with Gasteiger partial charge in [0.1, 0.15) is 0 Å². The lowest BCUT2D eigenvalue weighted by molar-refractivity contribution is -1.00. The van der Waals surface area contributed by atoms with Gasteiger partial charge in [0.25, 0.3) is 0 Å².